The van der Waals surface area contributed by atoms with Crippen LogP contribution < -0.4 is 20.1 Å². The lowest BCUT2D eigenvalue weighted by Gasteiger charge is -2.14. The minimum absolute atomic E-state index is 0. The number of benzene rings is 2. The number of ether oxygens (including phenoxy) is 2. The molecule has 2 N–H and O–H groups in total. The van der Waals surface area contributed by atoms with Crippen LogP contribution in [0.1, 0.15) is 31.2 Å². The zero-order valence-corrected chi connectivity index (χ0v) is 21.7. The van der Waals surface area contributed by atoms with Gasteiger partial charge < -0.3 is 24.7 Å². The van der Waals surface area contributed by atoms with E-state index in [-0.39, 0.29) is 24.0 Å². The van der Waals surface area contributed by atoms with E-state index in [9.17, 15) is 0 Å². The number of hydrogen-bond donors (Lipinski definition) is 2. The maximum absolute atomic E-state index is 5.72. The molecule has 0 aliphatic heterocycles. The van der Waals surface area contributed by atoms with Crippen molar-refractivity contribution in [1.82, 2.24) is 20.2 Å². The number of nitrogens with one attached hydrogen (secondary N) is 2. The number of hydrogen-bond acceptors (Lipinski definition) is 4. The van der Waals surface area contributed by atoms with Gasteiger partial charge in [-0.2, -0.15) is 0 Å². The fraction of sp³-hybridized carbons (Fsp3) is 0.417. The third-order valence-electron chi connectivity index (χ3n) is 5.07. The molecule has 0 bridgehead atoms. The Labute approximate surface area is 207 Å². The molecular weight excluding hydrogens is 517 g/mol. The van der Waals surface area contributed by atoms with Crippen LogP contribution in [-0.2, 0) is 13.1 Å². The maximum Gasteiger partial charge on any atom is 0.191 e. The van der Waals surface area contributed by atoms with Crippen molar-refractivity contribution in [3.8, 4) is 11.5 Å². The Balaban J connectivity index is 0.00000363. The molecule has 0 radical (unpaired) electrons. The predicted octanol–water partition coefficient (Wildman–Crippen LogP) is 4.52. The number of aryl methyl sites for hydroxylation is 2. The summed E-state index contributed by atoms with van der Waals surface area (Å²) >= 11 is 0. The van der Waals surface area contributed by atoms with E-state index in [1.165, 1.54) is 5.52 Å². The third-order valence-corrected chi connectivity index (χ3v) is 5.07. The third kappa shape index (κ3) is 6.75. The average Bonchev–Trinajstić information content (AvgIpc) is 3.12. The fourth-order valence-electron chi connectivity index (χ4n) is 3.48. The Morgan fingerprint density at radius 1 is 1.12 bits per heavy atom. The van der Waals surface area contributed by atoms with Crippen molar-refractivity contribution in [2.75, 3.05) is 27.3 Å². The maximum atomic E-state index is 5.72. The van der Waals surface area contributed by atoms with Gasteiger partial charge in [0, 0.05) is 26.7 Å². The summed E-state index contributed by atoms with van der Waals surface area (Å²) in [5, 5.41) is 6.74. The smallest absolute Gasteiger partial charge is 0.191 e. The molecule has 0 fully saturated rings. The summed E-state index contributed by atoms with van der Waals surface area (Å²) in [6, 6.07) is 14.3. The van der Waals surface area contributed by atoms with Gasteiger partial charge in [-0.25, -0.2) is 4.98 Å². The first kappa shape index (κ1) is 25.8. The second-order valence-corrected chi connectivity index (χ2v) is 7.34. The number of aromatic nitrogens is 2. The zero-order valence-electron chi connectivity index (χ0n) is 19.4. The monoisotopic (exact) mass is 551 g/mol. The molecule has 0 unspecified atom stereocenters. The van der Waals surface area contributed by atoms with Crippen molar-refractivity contribution in [2.45, 2.75) is 39.8 Å². The minimum atomic E-state index is 0. The van der Waals surface area contributed by atoms with Crippen molar-refractivity contribution in [3.63, 3.8) is 0 Å². The lowest BCUT2D eigenvalue weighted by atomic mass is 10.2. The molecule has 0 spiro atoms. The van der Waals surface area contributed by atoms with Crippen LogP contribution in [0.3, 0.4) is 0 Å². The Morgan fingerprint density at radius 2 is 1.94 bits per heavy atom. The van der Waals surface area contributed by atoms with Crippen molar-refractivity contribution in [1.29, 1.82) is 0 Å². The van der Waals surface area contributed by atoms with Crippen molar-refractivity contribution < 1.29 is 9.47 Å². The highest BCUT2D eigenvalue weighted by molar-refractivity contribution is 14.0. The number of para-hydroxylation sites is 2. The Kier molecular flexibility index (Phi) is 10.6. The van der Waals surface area contributed by atoms with E-state index in [1.807, 2.05) is 24.3 Å². The summed E-state index contributed by atoms with van der Waals surface area (Å²) in [5.74, 6) is 3.35. The first-order valence-corrected chi connectivity index (χ1v) is 10.8. The van der Waals surface area contributed by atoms with E-state index in [2.05, 4.69) is 57.2 Å². The molecule has 0 saturated heterocycles. The quantitative estimate of drug-likeness (QED) is 0.168. The van der Waals surface area contributed by atoms with Crippen LogP contribution in [0.15, 0.2) is 47.5 Å². The summed E-state index contributed by atoms with van der Waals surface area (Å²) in [7, 11) is 3.45. The van der Waals surface area contributed by atoms with Crippen LogP contribution in [0, 0.1) is 6.92 Å². The zero-order chi connectivity index (χ0) is 22.1. The number of halogens is 1. The highest BCUT2D eigenvalue weighted by Gasteiger charge is 2.08. The molecule has 0 saturated carbocycles. The first-order valence-electron chi connectivity index (χ1n) is 10.8. The number of nitrogens with zero attached hydrogens (tertiary/aromatic N) is 3. The molecule has 0 aliphatic rings. The van der Waals surface area contributed by atoms with Crippen molar-refractivity contribution >= 4 is 41.0 Å². The highest BCUT2D eigenvalue weighted by Crippen LogP contribution is 2.28. The van der Waals surface area contributed by atoms with Gasteiger partial charge >= 0.3 is 0 Å². The van der Waals surface area contributed by atoms with Gasteiger partial charge in [-0.3, -0.25) is 4.99 Å². The Hall–Kier alpha value is -2.49. The number of rotatable bonds is 10. The van der Waals surface area contributed by atoms with Gasteiger partial charge in [0.05, 0.1) is 24.8 Å². The molecule has 1 aromatic heterocycles. The number of fused-ring (bicyclic) bond motifs is 1. The van der Waals surface area contributed by atoms with E-state index in [1.54, 1.807) is 14.2 Å². The Morgan fingerprint density at radius 3 is 2.69 bits per heavy atom. The van der Waals surface area contributed by atoms with Gasteiger partial charge in [-0.15, -0.1) is 24.0 Å². The molecule has 0 atom stereocenters. The molecule has 3 aromatic rings. The van der Waals surface area contributed by atoms with Gasteiger partial charge in [0.1, 0.15) is 5.82 Å². The summed E-state index contributed by atoms with van der Waals surface area (Å²) in [6.07, 6.45) is 1.93. The number of guanidine groups is 1. The Bertz CT molecular complexity index is 1020. The molecule has 2 aromatic carbocycles. The number of methoxy groups -OCH3 is 1. The van der Waals surface area contributed by atoms with Crippen LogP contribution in [0.4, 0.5) is 0 Å². The summed E-state index contributed by atoms with van der Waals surface area (Å²) in [5.41, 5.74) is 3.33. The summed E-state index contributed by atoms with van der Waals surface area (Å²) in [4.78, 5) is 8.96. The molecule has 174 valence electrons. The lowest BCUT2D eigenvalue weighted by Crippen LogP contribution is -2.37. The standard InChI is InChI=1S/C24H33N5O2.HI/c1-5-15-31-22-12-11-19(16-23(22)30-4)17-27-24(25-3)26-13-8-14-29-18(2)28-20-9-6-7-10-21(20)29;/h6-7,9-12,16H,5,8,13-15,17H2,1-4H3,(H2,25,26,27);1H. The van der Waals surface area contributed by atoms with E-state index in [4.69, 9.17) is 9.47 Å². The molecular formula is C24H34IN5O2. The van der Waals surface area contributed by atoms with Crippen LogP contribution >= 0.6 is 24.0 Å². The molecule has 0 aliphatic carbocycles. The average molecular weight is 551 g/mol. The topological polar surface area (TPSA) is 72.7 Å². The minimum Gasteiger partial charge on any atom is -0.493 e. The van der Waals surface area contributed by atoms with Crippen LogP contribution in [-0.4, -0.2) is 42.8 Å². The number of imidazole rings is 1. The largest absolute Gasteiger partial charge is 0.493 e. The SMILES string of the molecule is CCCOc1ccc(CNC(=NC)NCCCn2c(C)nc3ccccc32)cc1OC.I. The van der Waals surface area contributed by atoms with Gasteiger partial charge in [-0.05, 0) is 49.6 Å². The number of aliphatic imine (C=N–C) groups is 1. The molecule has 3 rings (SSSR count). The first-order chi connectivity index (χ1) is 15.2. The second kappa shape index (κ2) is 13.1. The van der Waals surface area contributed by atoms with Gasteiger partial charge in [0.2, 0.25) is 0 Å². The summed E-state index contributed by atoms with van der Waals surface area (Å²) in [6.45, 7) is 7.20. The van der Waals surface area contributed by atoms with Gasteiger partial charge in [0.15, 0.2) is 17.5 Å². The highest BCUT2D eigenvalue weighted by atomic mass is 127. The molecule has 32 heavy (non-hydrogen) atoms. The van der Waals surface area contributed by atoms with Gasteiger partial charge in [0.25, 0.3) is 0 Å². The van der Waals surface area contributed by atoms with E-state index < -0.39 is 0 Å². The normalized spacial score (nSPS) is 11.2. The van der Waals surface area contributed by atoms with Crippen LogP contribution in [0.5, 0.6) is 11.5 Å². The van der Waals surface area contributed by atoms with E-state index >= 15 is 0 Å². The second-order valence-electron chi connectivity index (χ2n) is 7.34. The molecule has 7 nitrogen and oxygen atoms in total. The van der Waals surface area contributed by atoms with Crippen LogP contribution in [0.2, 0.25) is 0 Å². The fourth-order valence-corrected chi connectivity index (χ4v) is 3.48. The molecule has 8 heteroatoms. The summed E-state index contributed by atoms with van der Waals surface area (Å²) < 4.78 is 13.5. The van der Waals surface area contributed by atoms with Crippen molar-refractivity contribution in [3.05, 3.63) is 53.9 Å². The molecule has 0 amide bonds. The molecule has 1 heterocycles. The predicted molar refractivity (Wildman–Crippen MR) is 141 cm³/mol. The van der Waals surface area contributed by atoms with Crippen molar-refractivity contribution in [2.24, 2.45) is 4.99 Å². The van der Waals surface area contributed by atoms with E-state index in [0.29, 0.717) is 13.2 Å². The van der Waals surface area contributed by atoms with Gasteiger partial charge in [-0.1, -0.05) is 25.1 Å². The lowest BCUT2D eigenvalue weighted by molar-refractivity contribution is 0.294. The van der Waals surface area contributed by atoms with E-state index in [0.717, 1.165) is 60.3 Å². The van der Waals surface area contributed by atoms with Crippen LogP contribution in [0.25, 0.3) is 11.0 Å².